The molecule has 3 aromatic rings. The van der Waals surface area contributed by atoms with Crippen LogP contribution >= 0.6 is 11.3 Å². The Morgan fingerprint density at radius 3 is 2.73 bits per heavy atom. The number of fused-ring (bicyclic) bond motifs is 3. The number of pyridine rings is 1. The third-order valence-corrected chi connectivity index (χ3v) is 7.70. The van der Waals surface area contributed by atoms with E-state index >= 15 is 0 Å². The van der Waals surface area contributed by atoms with Crippen molar-refractivity contribution in [3.63, 3.8) is 0 Å². The Morgan fingerprint density at radius 2 is 2.09 bits per heavy atom. The van der Waals surface area contributed by atoms with Crippen molar-refractivity contribution in [1.82, 2.24) is 4.57 Å². The number of ether oxygens (including phenoxy) is 2. The zero-order valence-electron chi connectivity index (χ0n) is 18.0. The normalized spacial score (nSPS) is 15.5. The summed E-state index contributed by atoms with van der Waals surface area (Å²) < 4.78 is 35.4. The average molecular weight is 490 g/mol. The highest BCUT2D eigenvalue weighted by molar-refractivity contribution is 7.73. The predicted molar refractivity (Wildman–Crippen MR) is 126 cm³/mol. The molecule has 0 bridgehead atoms. The molecule has 8 nitrogen and oxygen atoms in total. The van der Waals surface area contributed by atoms with Gasteiger partial charge in [-0.1, -0.05) is 6.07 Å². The Balaban J connectivity index is 1.80. The van der Waals surface area contributed by atoms with E-state index in [1.807, 2.05) is 28.1 Å². The lowest BCUT2D eigenvalue weighted by molar-refractivity contribution is 0.0694. The van der Waals surface area contributed by atoms with Gasteiger partial charge >= 0.3 is 5.97 Å². The summed E-state index contributed by atoms with van der Waals surface area (Å²) in [5.41, 5.74) is 1.45. The second-order valence-corrected chi connectivity index (χ2v) is 10.2. The maximum absolute atomic E-state index is 12.5. The van der Waals surface area contributed by atoms with Gasteiger partial charge in [0.15, 0.2) is 16.9 Å². The number of methoxy groups -OCH3 is 1. The van der Waals surface area contributed by atoms with Gasteiger partial charge in [0.25, 0.3) is 0 Å². The first kappa shape index (κ1) is 23.1. The molecule has 3 heterocycles. The molecule has 0 saturated carbocycles. The van der Waals surface area contributed by atoms with Crippen LogP contribution in [0.2, 0.25) is 0 Å². The minimum atomic E-state index is -2.51. The van der Waals surface area contributed by atoms with Gasteiger partial charge in [-0.15, -0.1) is 11.3 Å². The first-order valence-electron chi connectivity index (χ1n) is 10.3. The lowest BCUT2D eigenvalue weighted by Gasteiger charge is -2.31. The highest BCUT2D eigenvalue weighted by atomic mass is 32.2. The molecule has 0 aliphatic carbocycles. The molecule has 0 saturated heterocycles. The molecule has 0 spiro atoms. The van der Waals surface area contributed by atoms with Crippen molar-refractivity contribution in [2.24, 2.45) is 0 Å². The molecule has 1 aliphatic rings. The van der Waals surface area contributed by atoms with Crippen LogP contribution in [0.3, 0.4) is 0 Å². The van der Waals surface area contributed by atoms with Gasteiger partial charge in [-0.2, -0.15) is 0 Å². The van der Waals surface area contributed by atoms with E-state index in [0.29, 0.717) is 30.0 Å². The van der Waals surface area contributed by atoms with Crippen LogP contribution in [0.15, 0.2) is 46.7 Å². The van der Waals surface area contributed by atoms with E-state index in [-0.39, 0.29) is 18.2 Å². The van der Waals surface area contributed by atoms with E-state index in [1.165, 1.54) is 19.4 Å². The molecule has 0 fully saturated rings. The van der Waals surface area contributed by atoms with Gasteiger partial charge in [0.2, 0.25) is 0 Å². The molecule has 0 radical (unpaired) electrons. The third-order valence-electron chi connectivity index (χ3n) is 5.75. The molecule has 0 amide bonds. The standard InChI is InChI=1S/C23H23NO7S2/c1-13(33(28)29)5-6-31-21-9-14-8-18(22-4-3-7-32-22)24-12-16(23(26)27)19(25)11-17(24)15(14)10-20(21)30-2/h3-4,7,9-13,18,33H,5-6,8H2,1-2H3,(H,26,27). The maximum atomic E-state index is 12.5. The van der Waals surface area contributed by atoms with Crippen LogP contribution in [0.25, 0.3) is 11.3 Å². The number of aromatic carboxylic acids is 1. The summed E-state index contributed by atoms with van der Waals surface area (Å²) in [7, 11) is -1.01. The molecule has 174 valence electrons. The number of thiol groups is 1. The number of carbonyl (C=O) groups is 1. The molecule has 10 heteroatoms. The Bertz CT molecular complexity index is 1320. The quantitative estimate of drug-likeness (QED) is 0.467. The molecule has 4 rings (SSSR count). The van der Waals surface area contributed by atoms with Crippen molar-refractivity contribution < 1.29 is 27.8 Å². The average Bonchev–Trinajstić information content (AvgIpc) is 3.32. The number of aromatic nitrogens is 1. The second kappa shape index (κ2) is 9.40. The summed E-state index contributed by atoms with van der Waals surface area (Å²) in [6, 6.07) is 8.72. The highest BCUT2D eigenvalue weighted by Gasteiger charge is 2.29. The fourth-order valence-corrected chi connectivity index (χ4v) is 5.08. The molecule has 1 aliphatic heterocycles. The second-order valence-electron chi connectivity index (χ2n) is 7.82. The summed E-state index contributed by atoms with van der Waals surface area (Å²) in [5, 5.41) is 10.9. The summed E-state index contributed by atoms with van der Waals surface area (Å²) in [5.74, 6) is -0.322. The van der Waals surface area contributed by atoms with Crippen molar-refractivity contribution in [3.8, 4) is 22.8 Å². The minimum absolute atomic E-state index is 0.183. The van der Waals surface area contributed by atoms with Crippen LogP contribution < -0.4 is 14.9 Å². The van der Waals surface area contributed by atoms with E-state index in [1.54, 1.807) is 24.3 Å². The molecular weight excluding hydrogens is 466 g/mol. The number of thiophene rings is 1. The highest BCUT2D eigenvalue weighted by Crippen LogP contribution is 2.43. The zero-order chi connectivity index (χ0) is 23.7. The summed E-state index contributed by atoms with van der Waals surface area (Å²) in [4.78, 5) is 25.2. The molecule has 2 atom stereocenters. The number of benzene rings is 1. The summed E-state index contributed by atoms with van der Waals surface area (Å²) in [6.07, 6.45) is 2.33. The number of nitrogens with zero attached hydrogens (tertiary/aromatic N) is 1. The Kier molecular flexibility index (Phi) is 6.57. The Morgan fingerprint density at radius 1 is 1.30 bits per heavy atom. The van der Waals surface area contributed by atoms with Crippen LogP contribution in [0.4, 0.5) is 0 Å². The predicted octanol–water partition coefficient (Wildman–Crippen LogP) is 3.20. The Labute approximate surface area is 196 Å². The van der Waals surface area contributed by atoms with Crippen LogP contribution in [0.5, 0.6) is 11.5 Å². The van der Waals surface area contributed by atoms with Crippen LogP contribution in [-0.2, 0) is 17.1 Å². The third kappa shape index (κ3) is 4.53. The number of carboxylic acid groups (broad SMARTS) is 1. The van der Waals surface area contributed by atoms with Crippen LogP contribution in [0, 0.1) is 0 Å². The largest absolute Gasteiger partial charge is 0.493 e. The smallest absolute Gasteiger partial charge is 0.341 e. The van der Waals surface area contributed by atoms with Gasteiger partial charge in [0, 0.05) is 22.7 Å². The van der Waals surface area contributed by atoms with Crippen molar-refractivity contribution >= 4 is 28.0 Å². The molecule has 1 aromatic carbocycles. The summed E-state index contributed by atoms with van der Waals surface area (Å²) >= 11 is 1.56. The first-order valence-corrected chi connectivity index (χ1v) is 12.4. The monoisotopic (exact) mass is 489 g/mol. The Hall–Kier alpha value is -3.11. The first-order chi connectivity index (χ1) is 15.8. The molecule has 33 heavy (non-hydrogen) atoms. The van der Waals surface area contributed by atoms with Crippen molar-refractivity contribution in [3.05, 3.63) is 68.1 Å². The lowest BCUT2D eigenvalue weighted by atomic mass is 9.91. The fourth-order valence-electron chi connectivity index (χ4n) is 3.94. The molecule has 2 aromatic heterocycles. The van der Waals surface area contributed by atoms with Crippen LogP contribution in [-0.4, -0.2) is 43.0 Å². The van der Waals surface area contributed by atoms with Gasteiger partial charge in [-0.05, 0) is 48.9 Å². The fraction of sp³-hybridized carbons (Fsp3) is 0.304. The van der Waals surface area contributed by atoms with Gasteiger partial charge in [0.1, 0.15) is 16.3 Å². The summed E-state index contributed by atoms with van der Waals surface area (Å²) in [6.45, 7) is 1.84. The molecule has 2 unspecified atom stereocenters. The van der Waals surface area contributed by atoms with E-state index in [0.717, 1.165) is 16.0 Å². The SMILES string of the molecule is COc1cc2c(cc1OCCC(C)[SH](=O)=O)CC(c1cccs1)n1cc(C(=O)O)c(=O)cc1-2. The van der Waals surface area contributed by atoms with Crippen LogP contribution in [0.1, 0.15) is 40.2 Å². The topological polar surface area (TPSA) is 112 Å². The van der Waals surface area contributed by atoms with E-state index in [2.05, 4.69) is 0 Å². The van der Waals surface area contributed by atoms with Gasteiger partial charge in [-0.3, -0.25) is 4.79 Å². The van der Waals surface area contributed by atoms with Gasteiger partial charge < -0.3 is 19.1 Å². The van der Waals surface area contributed by atoms with E-state index < -0.39 is 27.4 Å². The number of rotatable bonds is 8. The van der Waals surface area contributed by atoms with E-state index in [9.17, 15) is 23.1 Å². The van der Waals surface area contributed by atoms with Crippen molar-refractivity contribution in [2.45, 2.75) is 31.1 Å². The number of hydrogen-bond donors (Lipinski definition) is 2. The van der Waals surface area contributed by atoms with E-state index in [4.69, 9.17) is 9.47 Å². The van der Waals surface area contributed by atoms with Gasteiger partial charge in [-0.25, -0.2) is 13.2 Å². The molecule has 1 N–H and O–H groups in total. The van der Waals surface area contributed by atoms with Crippen molar-refractivity contribution in [1.29, 1.82) is 0 Å². The number of carboxylic acids is 1. The zero-order valence-corrected chi connectivity index (χ0v) is 19.7. The maximum Gasteiger partial charge on any atom is 0.341 e. The molecular formula is C23H23NO7S2. The van der Waals surface area contributed by atoms with Crippen molar-refractivity contribution in [2.75, 3.05) is 13.7 Å². The minimum Gasteiger partial charge on any atom is -0.493 e. The number of hydrogen-bond acceptors (Lipinski definition) is 7. The van der Waals surface area contributed by atoms with Gasteiger partial charge in [0.05, 0.1) is 30.7 Å². The lowest BCUT2D eigenvalue weighted by Crippen LogP contribution is -2.25.